The van der Waals surface area contributed by atoms with Crippen LogP contribution in [0.15, 0.2) is 41.8 Å². The van der Waals surface area contributed by atoms with Crippen molar-refractivity contribution in [3.63, 3.8) is 0 Å². The number of carboxylic acid groups (broad SMARTS) is 1. The van der Waals surface area contributed by atoms with Crippen LogP contribution in [0.2, 0.25) is 5.02 Å². The van der Waals surface area contributed by atoms with E-state index in [-0.39, 0.29) is 18.4 Å². The lowest BCUT2D eigenvalue weighted by Gasteiger charge is -2.29. The van der Waals surface area contributed by atoms with Crippen LogP contribution in [0.3, 0.4) is 0 Å². The normalized spacial score (nSPS) is 17.7. The summed E-state index contributed by atoms with van der Waals surface area (Å²) in [5.41, 5.74) is 3.68. The Labute approximate surface area is 232 Å². The van der Waals surface area contributed by atoms with Crippen LogP contribution in [0.4, 0.5) is 4.39 Å². The molecule has 39 heavy (non-hydrogen) atoms. The van der Waals surface area contributed by atoms with Gasteiger partial charge < -0.3 is 19.1 Å². The number of carbonyl (C=O) groups is 1. The second-order valence-corrected chi connectivity index (χ2v) is 10.8. The molecule has 1 N–H and O–H groups in total. The molecule has 2 aliphatic rings. The summed E-state index contributed by atoms with van der Waals surface area (Å²) in [7, 11) is 0. The summed E-state index contributed by atoms with van der Waals surface area (Å²) < 4.78 is 27.4. The van der Waals surface area contributed by atoms with E-state index in [0.29, 0.717) is 40.0 Å². The quantitative estimate of drug-likeness (QED) is 0.299. The van der Waals surface area contributed by atoms with E-state index in [1.165, 1.54) is 23.5 Å². The number of fused-ring (bicyclic) bond motifs is 1. The van der Waals surface area contributed by atoms with Gasteiger partial charge in [0.05, 0.1) is 24.9 Å². The predicted octanol–water partition coefficient (Wildman–Crippen LogP) is 5.04. The number of hydrogen-bond acceptors (Lipinski definition) is 8. The molecule has 1 aromatic carbocycles. The Hall–Kier alpha value is -3.38. The monoisotopic (exact) mass is 569 g/mol. The van der Waals surface area contributed by atoms with Crippen molar-refractivity contribution in [2.24, 2.45) is 0 Å². The van der Waals surface area contributed by atoms with Crippen LogP contribution in [0.1, 0.15) is 40.4 Å². The van der Waals surface area contributed by atoms with Crippen LogP contribution in [0.25, 0.3) is 16.7 Å². The van der Waals surface area contributed by atoms with Crippen molar-refractivity contribution in [3.05, 3.63) is 75.4 Å². The molecule has 5 heterocycles. The van der Waals surface area contributed by atoms with Crippen LogP contribution < -0.4 is 4.74 Å². The van der Waals surface area contributed by atoms with E-state index < -0.39 is 11.8 Å². The van der Waals surface area contributed by atoms with Gasteiger partial charge in [-0.3, -0.25) is 4.90 Å². The van der Waals surface area contributed by atoms with E-state index in [2.05, 4.69) is 20.9 Å². The van der Waals surface area contributed by atoms with E-state index >= 15 is 0 Å². The van der Waals surface area contributed by atoms with Gasteiger partial charge in [0, 0.05) is 35.7 Å². The third kappa shape index (κ3) is 5.67. The van der Waals surface area contributed by atoms with E-state index in [1.807, 2.05) is 9.95 Å². The molecule has 0 amide bonds. The highest BCUT2D eigenvalue weighted by Gasteiger charge is 2.25. The molecule has 0 radical (unpaired) electrons. The Kier molecular flexibility index (Phi) is 7.30. The number of halogens is 2. The van der Waals surface area contributed by atoms with Crippen molar-refractivity contribution in [1.29, 1.82) is 0 Å². The first-order chi connectivity index (χ1) is 18.9. The van der Waals surface area contributed by atoms with Crippen LogP contribution in [0.5, 0.6) is 5.19 Å². The highest BCUT2D eigenvalue weighted by Crippen LogP contribution is 2.29. The third-order valence-electron chi connectivity index (χ3n) is 6.91. The van der Waals surface area contributed by atoms with Gasteiger partial charge in [0.1, 0.15) is 23.8 Å². The fourth-order valence-corrected chi connectivity index (χ4v) is 5.50. The smallest absolute Gasteiger partial charge is 0.354 e. The Morgan fingerprint density at radius 3 is 2.85 bits per heavy atom. The minimum absolute atomic E-state index is 0.000174. The van der Waals surface area contributed by atoms with Crippen LogP contribution >= 0.6 is 22.9 Å². The molecule has 4 aromatic rings. The number of aromatic nitrogens is 4. The summed E-state index contributed by atoms with van der Waals surface area (Å²) in [6.45, 7) is 3.55. The summed E-state index contributed by atoms with van der Waals surface area (Å²) in [5.74, 6) is -0.625. The van der Waals surface area contributed by atoms with E-state index in [9.17, 15) is 14.3 Å². The SMILES string of the molecule is O=C(O)c1ccc2nc(CN3CC=C(c4csc(OCc5ccc(Cl)cc5F)n4)CC3)n(CC3CCO3)c2n1. The summed E-state index contributed by atoms with van der Waals surface area (Å²) >= 11 is 7.20. The zero-order chi connectivity index (χ0) is 26.9. The second kappa shape index (κ2) is 11.0. The Bertz CT molecular complexity index is 1570. The molecular formula is C27H25ClFN5O4S. The van der Waals surface area contributed by atoms with Gasteiger partial charge in [-0.05, 0) is 42.7 Å². The van der Waals surface area contributed by atoms with Gasteiger partial charge >= 0.3 is 5.97 Å². The van der Waals surface area contributed by atoms with Gasteiger partial charge in [-0.15, -0.1) is 0 Å². The standard InChI is InChI=1S/C27H25ClFN5O4S/c28-18-2-1-17(20(29)11-18)14-38-27-32-23(15-39-27)16-5-8-33(9-6-16)13-24-30-21-3-4-22(26(35)36)31-25(21)34(24)12-19-7-10-37-19/h1-5,11,15,19H,6-10,12-14H2,(H,35,36). The van der Waals surface area contributed by atoms with E-state index in [4.69, 9.17) is 26.1 Å². The molecule has 1 atom stereocenters. The molecule has 6 rings (SSSR count). The number of aromatic carboxylic acids is 1. The molecule has 1 saturated heterocycles. The minimum Gasteiger partial charge on any atom is -0.477 e. The van der Waals surface area contributed by atoms with Gasteiger partial charge in [-0.2, -0.15) is 0 Å². The van der Waals surface area contributed by atoms with Crippen LogP contribution in [0, 0.1) is 5.82 Å². The Balaban J connectivity index is 1.13. The fourth-order valence-electron chi connectivity index (χ4n) is 4.65. The molecule has 202 valence electrons. The number of rotatable bonds is 9. The molecule has 3 aromatic heterocycles. The number of imidazole rings is 1. The van der Waals surface area contributed by atoms with Gasteiger partial charge in [0.2, 0.25) is 0 Å². The van der Waals surface area contributed by atoms with Crippen molar-refractivity contribution < 1.29 is 23.8 Å². The largest absolute Gasteiger partial charge is 0.477 e. The highest BCUT2D eigenvalue weighted by atomic mass is 35.5. The first-order valence-electron chi connectivity index (χ1n) is 12.6. The summed E-state index contributed by atoms with van der Waals surface area (Å²) in [5, 5.41) is 12.2. The van der Waals surface area contributed by atoms with Gasteiger partial charge in [0.15, 0.2) is 11.3 Å². The average Bonchev–Trinajstić information content (AvgIpc) is 3.50. The van der Waals surface area contributed by atoms with Crippen molar-refractivity contribution in [2.45, 2.75) is 38.6 Å². The Morgan fingerprint density at radius 1 is 1.26 bits per heavy atom. The number of nitrogens with zero attached hydrogens (tertiary/aromatic N) is 5. The topological polar surface area (TPSA) is 103 Å². The molecular weight excluding hydrogens is 545 g/mol. The number of benzene rings is 1. The maximum Gasteiger partial charge on any atom is 0.354 e. The summed E-state index contributed by atoms with van der Waals surface area (Å²) in [6.07, 6.45) is 4.01. The highest BCUT2D eigenvalue weighted by molar-refractivity contribution is 7.11. The second-order valence-electron chi connectivity index (χ2n) is 9.50. The molecule has 0 spiro atoms. The van der Waals surface area contributed by atoms with Crippen molar-refractivity contribution >= 4 is 45.6 Å². The first-order valence-corrected chi connectivity index (χ1v) is 13.8. The number of pyridine rings is 1. The van der Waals surface area contributed by atoms with Gasteiger partial charge in [-0.25, -0.2) is 24.1 Å². The van der Waals surface area contributed by atoms with Gasteiger partial charge in [-0.1, -0.05) is 35.1 Å². The van der Waals surface area contributed by atoms with Crippen LogP contribution in [-0.2, 0) is 24.4 Å². The van der Waals surface area contributed by atoms with Gasteiger partial charge in [0.25, 0.3) is 5.19 Å². The predicted molar refractivity (Wildman–Crippen MR) is 145 cm³/mol. The number of thiazole rings is 1. The molecule has 0 saturated carbocycles. The van der Waals surface area contributed by atoms with Crippen molar-refractivity contribution in [3.8, 4) is 5.19 Å². The third-order valence-corrected chi connectivity index (χ3v) is 7.89. The zero-order valence-electron chi connectivity index (χ0n) is 20.8. The van der Waals surface area contributed by atoms with E-state index in [0.717, 1.165) is 49.6 Å². The molecule has 0 aliphatic carbocycles. The number of carboxylic acids is 1. The molecule has 2 aliphatic heterocycles. The number of hydrogen-bond donors (Lipinski definition) is 1. The van der Waals surface area contributed by atoms with Crippen LogP contribution in [-0.4, -0.2) is 61.3 Å². The molecule has 9 nitrogen and oxygen atoms in total. The lowest BCUT2D eigenvalue weighted by molar-refractivity contribution is -0.0592. The maximum absolute atomic E-state index is 14.0. The molecule has 0 bridgehead atoms. The first kappa shape index (κ1) is 25.9. The molecule has 1 unspecified atom stereocenters. The Morgan fingerprint density at radius 2 is 2.13 bits per heavy atom. The minimum atomic E-state index is -1.06. The molecule has 1 fully saturated rings. The number of ether oxygens (including phenoxy) is 2. The zero-order valence-corrected chi connectivity index (χ0v) is 22.4. The average molecular weight is 570 g/mol. The van der Waals surface area contributed by atoms with E-state index in [1.54, 1.807) is 18.2 Å². The maximum atomic E-state index is 14.0. The lowest BCUT2D eigenvalue weighted by atomic mass is 10.1. The van der Waals surface area contributed by atoms with Crippen molar-refractivity contribution in [1.82, 2.24) is 24.4 Å². The van der Waals surface area contributed by atoms with Crippen molar-refractivity contribution in [2.75, 3.05) is 19.7 Å². The summed E-state index contributed by atoms with van der Waals surface area (Å²) in [4.78, 5) is 27.5. The molecule has 12 heteroatoms. The summed E-state index contributed by atoms with van der Waals surface area (Å²) in [6, 6.07) is 7.71. The fraction of sp³-hybridized carbons (Fsp3) is 0.333. The lowest BCUT2D eigenvalue weighted by Crippen LogP contribution is -2.33.